The molecule has 0 aliphatic carbocycles. The predicted molar refractivity (Wildman–Crippen MR) is 212 cm³/mol. The van der Waals surface area contributed by atoms with Crippen LogP contribution in [-0.4, -0.2) is 4.57 Å². The van der Waals surface area contributed by atoms with Crippen LogP contribution in [0.15, 0.2) is 206 Å². The molecule has 8 aromatic carbocycles. The summed E-state index contributed by atoms with van der Waals surface area (Å²) in [6.07, 6.45) is 0. The van der Waals surface area contributed by atoms with Crippen LogP contribution in [0.4, 0.5) is 17.1 Å². The van der Waals surface area contributed by atoms with E-state index in [1.807, 2.05) is 66.7 Å². The third kappa shape index (κ3) is 5.43. The summed E-state index contributed by atoms with van der Waals surface area (Å²) in [5.41, 5.74) is 11.1. The van der Waals surface area contributed by atoms with Crippen LogP contribution in [0.25, 0.3) is 60.9 Å². The minimum Gasteiger partial charge on any atom is -0.310 e. The Labute approximate surface area is 299 Å². The Morgan fingerprint density at radius 3 is 1.62 bits per heavy atom. The molecule has 9 rings (SSSR count). The third-order valence-corrected chi connectivity index (χ3v) is 9.23. The molecule has 0 aliphatic heterocycles. The Kier molecular flexibility index (Phi) is 6.25. The third-order valence-electron chi connectivity index (χ3n) is 9.23. The zero-order valence-electron chi connectivity index (χ0n) is 32.1. The lowest BCUT2D eigenvalue weighted by Crippen LogP contribution is -2.09. The van der Waals surface area contributed by atoms with E-state index in [2.05, 4.69) is 114 Å². The monoisotopic (exact) mass is 643 g/mol. The number of hydrogen-bond acceptors (Lipinski definition) is 1. The van der Waals surface area contributed by atoms with E-state index in [4.69, 9.17) is 6.85 Å². The van der Waals surface area contributed by atoms with Gasteiger partial charge in [0.15, 0.2) is 0 Å². The fraction of sp³-hybridized carbons (Fsp3) is 0. The first-order valence-electron chi connectivity index (χ1n) is 19.2. The number of nitrogens with zero attached hydrogens (tertiary/aromatic N) is 2. The van der Waals surface area contributed by atoms with Crippen molar-refractivity contribution < 1.29 is 6.85 Å². The molecule has 1 heterocycles. The summed E-state index contributed by atoms with van der Waals surface area (Å²) in [7, 11) is 0. The van der Waals surface area contributed by atoms with Gasteiger partial charge in [-0.15, -0.1) is 0 Å². The highest BCUT2D eigenvalue weighted by Gasteiger charge is 2.17. The highest BCUT2D eigenvalue weighted by Crippen LogP contribution is 2.40. The Morgan fingerprint density at radius 2 is 0.920 bits per heavy atom. The van der Waals surface area contributed by atoms with E-state index in [0.29, 0.717) is 11.4 Å². The van der Waals surface area contributed by atoms with Crippen LogP contribution in [0, 0.1) is 0 Å². The molecule has 0 radical (unpaired) electrons. The van der Waals surface area contributed by atoms with Crippen LogP contribution in [-0.2, 0) is 0 Å². The fourth-order valence-electron chi connectivity index (χ4n) is 6.93. The lowest BCUT2D eigenvalue weighted by Gasteiger charge is -2.26. The van der Waals surface area contributed by atoms with Gasteiger partial charge >= 0.3 is 0 Å². The highest BCUT2D eigenvalue weighted by atomic mass is 15.1. The second-order valence-electron chi connectivity index (χ2n) is 12.3. The predicted octanol–water partition coefficient (Wildman–Crippen LogP) is 13.3. The molecular formula is C48H34N2. The molecule has 2 nitrogen and oxygen atoms in total. The van der Waals surface area contributed by atoms with Gasteiger partial charge in [-0.05, 0) is 100 Å². The number of anilines is 3. The standard InChI is InChI=1S/C48H34N2/c1-5-16-35(17-6-1)39-30-40(36-18-7-2-8-19-36)33-44(32-39)50-47-27-14-13-26-45(47)46-29-28-38(34-48(46)50)37-20-15-25-43(31-37)49(41-21-9-3-10-22-41)42-23-11-4-12-24-42/h1-34H/i3D,9D,10D,21D,22D. The van der Waals surface area contributed by atoms with Crippen molar-refractivity contribution in [3.8, 4) is 39.1 Å². The Hall–Kier alpha value is -6.64. The Bertz CT molecular complexity index is 2780. The lowest BCUT2D eigenvalue weighted by atomic mass is 9.98. The number of aromatic nitrogens is 1. The second-order valence-corrected chi connectivity index (χ2v) is 12.3. The summed E-state index contributed by atoms with van der Waals surface area (Å²) in [6.45, 7) is 0. The second kappa shape index (κ2) is 12.8. The molecule has 0 saturated carbocycles. The summed E-state index contributed by atoms with van der Waals surface area (Å²) in [4.78, 5) is 1.75. The molecule has 0 bridgehead atoms. The Balaban J connectivity index is 1.25. The van der Waals surface area contributed by atoms with Crippen LogP contribution < -0.4 is 4.90 Å². The Morgan fingerprint density at radius 1 is 0.360 bits per heavy atom. The van der Waals surface area contributed by atoms with Gasteiger partial charge in [0.25, 0.3) is 0 Å². The quantitative estimate of drug-likeness (QED) is 0.168. The molecule has 0 amide bonds. The van der Waals surface area contributed by atoms with Crippen molar-refractivity contribution in [1.82, 2.24) is 4.57 Å². The van der Waals surface area contributed by atoms with Gasteiger partial charge < -0.3 is 9.47 Å². The average Bonchev–Trinajstić information content (AvgIpc) is 3.58. The van der Waals surface area contributed by atoms with Crippen molar-refractivity contribution in [1.29, 1.82) is 0 Å². The van der Waals surface area contributed by atoms with Gasteiger partial charge in [0, 0.05) is 33.5 Å². The van der Waals surface area contributed by atoms with Crippen molar-refractivity contribution >= 4 is 38.9 Å². The highest BCUT2D eigenvalue weighted by molar-refractivity contribution is 6.10. The minimum atomic E-state index is -0.422. The molecule has 236 valence electrons. The van der Waals surface area contributed by atoms with Crippen molar-refractivity contribution in [2.45, 2.75) is 0 Å². The molecule has 0 aliphatic rings. The van der Waals surface area contributed by atoms with Crippen LogP contribution in [0.3, 0.4) is 0 Å². The van der Waals surface area contributed by atoms with Gasteiger partial charge in [0.2, 0.25) is 0 Å². The van der Waals surface area contributed by atoms with Gasteiger partial charge in [-0.1, -0.05) is 139 Å². The maximum absolute atomic E-state index is 8.85. The van der Waals surface area contributed by atoms with Crippen LogP contribution in [0.5, 0.6) is 0 Å². The average molecular weight is 644 g/mol. The van der Waals surface area contributed by atoms with Crippen LogP contribution in [0.1, 0.15) is 6.85 Å². The maximum atomic E-state index is 8.85. The molecule has 0 unspecified atom stereocenters. The number of benzene rings is 8. The zero-order valence-corrected chi connectivity index (χ0v) is 27.1. The molecule has 9 aromatic rings. The molecule has 0 saturated heterocycles. The SMILES string of the molecule is [2H]c1c([2H])c([2H])c(N(c2ccccc2)c2cccc(-c3ccc4c5ccccc5n(-c5cc(-c6ccccc6)cc(-c6ccccc6)c5)c4c3)c2)c([2H])c1[2H]. The lowest BCUT2D eigenvalue weighted by molar-refractivity contribution is 1.18. The first kappa shape index (κ1) is 24.5. The normalized spacial score (nSPS) is 12.6. The van der Waals surface area contributed by atoms with Crippen molar-refractivity contribution in [2.24, 2.45) is 0 Å². The van der Waals surface area contributed by atoms with Crippen molar-refractivity contribution in [2.75, 3.05) is 4.90 Å². The molecular weight excluding hydrogens is 605 g/mol. The molecule has 0 N–H and O–H groups in total. The van der Waals surface area contributed by atoms with Crippen molar-refractivity contribution in [3.63, 3.8) is 0 Å². The number of hydrogen-bond donors (Lipinski definition) is 0. The van der Waals surface area contributed by atoms with E-state index in [9.17, 15) is 0 Å². The van der Waals surface area contributed by atoms with Gasteiger partial charge in [-0.2, -0.15) is 0 Å². The van der Waals surface area contributed by atoms with E-state index in [0.717, 1.165) is 60.9 Å². The largest absolute Gasteiger partial charge is 0.310 e. The molecule has 0 fully saturated rings. The van der Waals surface area contributed by atoms with Gasteiger partial charge in [-0.25, -0.2) is 0 Å². The zero-order chi connectivity index (χ0) is 37.6. The van der Waals surface area contributed by atoms with Crippen molar-refractivity contribution in [3.05, 3.63) is 206 Å². The number of rotatable bonds is 7. The number of fused-ring (bicyclic) bond motifs is 3. The van der Waals surface area contributed by atoms with Gasteiger partial charge in [0.05, 0.1) is 17.9 Å². The summed E-state index contributed by atoms with van der Waals surface area (Å²) in [5.74, 6) is 0. The maximum Gasteiger partial charge on any atom is 0.0645 e. The molecule has 2 heteroatoms. The first-order chi connectivity index (χ1) is 26.9. The number of para-hydroxylation sites is 3. The molecule has 1 aromatic heterocycles. The van der Waals surface area contributed by atoms with E-state index >= 15 is 0 Å². The summed E-state index contributed by atoms with van der Waals surface area (Å²) in [5, 5.41) is 2.28. The smallest absolute Gasteiger partial charge is 0.0645 e. The molecule has 0 spiro atoms. The molecule has 50 heavy (non-hydrogen) atoms. The van der Waals surface area contributed by atoms with E-state index < -0.39 is 6.04 Å². The fourth-order valence-corrected chi connectivity index (χ4v) is 6.93. The molecule has 0 atom stereocenters. The van der Waals surface area contributed by atoms with Crippen LogP contribution >= 0.6 is 0 Å². The van der Waals surface area contributed by atoms with Gasteiger partial charge in [0.1, 0.15) is 0 Å². The summed E-state index contributed by atoms with van der Waals surface area (Å²) >= 11 is 0. The van der Waals surface area contributed by atoms with E-state index in [1.54, 1.807) is 4.90 Å². The summed E-state index contributed by atoms with van der Waals surface area (Å²) in [6, 6.07) is 58.4. The van der Waals surface area contributed by atoms with Crippen LogP contribution in [0.2, 0.25) is 0 Å². The van der Waals surface area contributed by atoms with E-state index in [1.165, 1.54) is 0 Å². The topological polar surface area (TPSA) is 8.17 Å². The van der Waals surface area contributed by atoms with Gasteiger partial charge in [-0.3, -0.25) is 0 Å². The minimum absolute atomic E-state index is 0.0949. The van der Waals surface area contributed by atoms with E-state index in [-0.39, 0.29) is 29.9 Å². The summed E-state index contributed by atoms with van der Waals surface area (Å²) < 4.78 is 45.1. The first-order valence-corrected chi connectivity index (χ1v) is 16.7.